The summed E-state index contributed by atoms with van der Waals surface area (Å²) in [6.07, 6.45) is 0.473. The van der Waals surface area contributed by atoms with Gasteiger partial charge in [-0.15, -0.1) is 0 Å². The zero-order valence-corrected chi connectivity index (χ0v) is 11.6. The minimum Gasteiger partial charge on any atom is -0.393 e. The molecule has 0 aliphatic carbocycles. The zero-order valence-electron chi connectivity index (χ0n) is 11.6. The molecule has 0 atom stereocenters. The Balaban J connectivity index is 2.21. The monoisotopic (exact) mass is 305 g/mol. The molecule has 2 rings (SSSR count). The van der Waals surface area contributed by atoms with E-state index in [1.807, 2.05) is 0 Å². The summed E-state index contributed by atoms with van der Waals surface area (Å²) in [6, 6.07) is 5.13. The summed E-state index contributed by atoms with van der Waals surface area (Å²) in [6.45, 7) is 0.736. The Bertz CT molecular complexity index is 630. The first-order chi connectivity index (χ1) is 10.5. The average Bonchev–Trinajstić information content (AvgIpc) is 2.49. The van der Waals surface area contributed by atoms with Crippen molar-refractivity contribution in [3.8, 4) is 12.1 Å². The maximum absolute atomic E-state index is 14.1. The van der Waals surface area contributed by atoms with E-state index >= 15 is 0 Å². The number of hydrogen-bond donors (Lipinski definition) is 2. The number of rotatable bonds is 3. The molecule has 0 radical (unpaired) electrons. The number of hydrazone groups is 1. The third-order valence-corrected chi connectivity index (χ3v) is 3.31. The predicted octanol–water partition coefficient (Wildman–Crippen LogP) is 1.74. The van der Waals surface area contributed by atoms with Crippen LogP contribution in [0.15, 0.2) is 17.2 Å². The van der Waals surface area contributed by atoms with Gasteiger partial charge < -0.3 is 10.0 Å². The van der Waals surface area contributed by atoms with E-state index in [0.29, 0.717) is 25.9 Å². The van der Waals surface area contributed by atoms with Gasteiger partial charge in [0.1, 0.15) is 17.8 Å². The number of halogens is 2. The highest BCUT2D eigenvalue weighted by Gasteiger charge is 2.23. The molecule has 6 nitrogen and oxygen atoms in total. The molecule has 22 heavy (non-hydrogen) atoms. The Morgan fingerprint density at radius 1 is 1.23 bits per heavy atom. The maximum atomic E-state index is 14.1. The smallest absolute Gasteiger partial charge is 0.237 e. The third-order valence-electron chi connectivity index (χ3n) is 3.31. The fourth-order valence-electron chi connectivity index (χ4n) is 2.22. The molecule has 0 saturated carbocycles. The molecule has 1 heterocycles. The number of aliphatic hydroxyl groups is 1. The number of nitriles is 2. The fourth-order valence-corrected chi connectivity index (χ4v) is 2.22. The number of anilines is 2. The van der Waals surface area contributed by atoms with Gasteiger partial charge in [0.2, 0.25) is 5.71 Å². The van der Waals surface area contributed by atoms with Crippen molar-refractivity contribution in [1.82, 2.24) is 0 Å². The van der Waals surface area contributed by atoms with Gasteiger partial charge >= 0.3 is 0 Å². The van der Waals surface area contributed by atoms with Crippen LogP contribution in [0.1, 0.15) is 12.8 Å². The lowest BCUT2D eigenvalue weighted by molar-refractivity contribution is 0.145. The third kappa shape index (κ3) is 3.48. The minimum absolute atomic E-state index is 0.00112. The lowest BCUT2D eigenvalue weighted by Gasteiger charge is -2.32. The second-order valence-electron chi connectivity index (χ2n) is 4.80. The normalized spacial score (nSPS) is 14.9. The van der Waals surface area contributed by atoms with Crippen LogP contribution >= 0.6 is 0 Å². The number of benzene rings is 1. The lowest BCUT2D eigenvalue weighted by atomic mass is 10.1. The van der Waals surface area contributed by atoms with E-state index in [1.165, 1.54) is 12.1 Å². The largest absolute Gasteiger partial charge is 0.393 e. The number of hydrogen-bond acceptors (Lipinski definition) is 6. The summed E-state index contributed by atoms with van der Waals surface area (Å²) in [5.74, 6) is -1.55. The van der Waals surface area contributed by atoms with Crippen molar-refractivity contribution in [2.75, 3.05) is 23.4 Å². The van der Waals surface area contributed by atoms with Crippen LogP contribution in [-0.4, -0.2) is 30.0 Å². The molecule has 0 aromatic heterocycles. The van der Waals surface area contributed by atoms with Crippen LogP contribution in [-0.2, 0) is 0 Å². The van der Waals surface area contributed by atoms with Crippen molar-refractivity contribution in [2.24, 2.45) is 5.10 Å². The van der Waals surface area contributed by atoms with Gasteiger partial charge in [0.15, 0.2) is 11.6 Å². The Kier molecular flexibility index (Phi) is 4.87. The first kappa shape index (κ1) is 15.7. The molecule has 0 spiro atoms. The molecule has 1 saturated heterocycles. The number of aliphatic hydroxyl groups excluding tert-OH is 1. The molecule has 2 N–H and O–H groups in total. The van der Waals surface area contributed by atoms with Gasteiger partial charge in [-0.25, -0.2) is 8.78 Å². The van der Waals surface area contributed by atoms with Crippen molar-refractivity contribution >= 4 is 17.1 Å². The van der Waals surface area contributed by atoms with E-state index in [9.17, 15) is 13.9 Å². The Labute approximate surface area is 125 Å². The lowest BCUT2D eigenvalue weighted by Crippen LogP contribution is -2.36. The quantitative estimate of drug-likeness (QED) is 0.655. The van der Waals surface area contributed by atoms with Gasteiger partial charge in [0, 0.05) is 25.2 Å². The predicted molar refractivity (Wildman–Crippen MR) is 76.1 cm³/mol. The summed E-state index contributed by atoms with van der Waals surface area (Å²) in [5, 5.41) is 29.9. The van der Waals surface area contributed by atoms with Crippen molar-refractivity contribution in [2.45, 2.75) is 18.9 Å². The van der Waals surface area contributed by atoms with Crippen LogP contribution in [0.3, 0.4) is 0 Å². The highest BCUT2D eigenvalue weighted by Crippen LogP contribution is 2.29. The Morgan fingerprint density at radius 3 is 2.27 bits per heavy atom. The van der Waals surface area contributed by atoms with Crippen molar-refractivity contribution < 1.29 is 13.9 Å². The molecular weight excluding hydrogens is 292 g/mol. The topological polar surface area (TPSA) is 95.4 Å². The number of nitrogens with one attached hydrogen (secondary N) is 1. The molecule has 1 aromatic rings. The van der Waals surface area contributed by atoms with Crippen molar-refractivity contribution in [1.29, 1.82) is 10.5 Å². The van der Waals surface area contributed by atoms with Gasteiger partial charge in [0.25, 0.3) is 0 Å². The van der Waals surface area contributed by atoms with Crippen LogP contribution in [0.2, 0.25) is 0 Å². The van der Waals surface area contributed by atoms with Crippen molar-refractivity contribution in [3.05, 3.63) is 23.8 Å². The second-order valence-corrected chi connectivity index (χ2v) is 4.80. The van der Waals surface area contributed by atoms with Crippen molar-refractivity contribution in [3.63, 3.8) is 0 Å². The van der Waals surface area contributed by atoms with E-state index in [-0.39, 0.29) is 11.4 Å². The molecule has 8 heteroatoms. The SMILES string of the molecule is N#CC(C#N)=NNc1cc(F)c(N2CCC(O)CC2)c(F)c1. The second kappa shape index (κ2) is 6.83. The van der Waals surface area contributed by atoms with Gasteiger partial charge in [-0.3, -0.25) is 5.43 Å². The van der Waals surface area contributed by atoms with Crippen LogP contribution in [0.4, 0.5) is 20.2 Å². The van der Waals surface area contributed by atoms with E-state index in [4.69, 9.17) is 10.5 Å². The number of piperidine rings is 1. The first-order valence-electron chi connectivity index (χ1n) is 6.61. The molecule has 1 aromatic carbocycles. The Morgan fingerprint density at radius 2 is 1.77 bits per heavy atom. The molecule has 0 amide bonds. The summed E-state index contributed by atoms with van der Waals surface area (Å²) in [5.41, 5.74) is 1.67. The summed E-state index contributed by atoms with van der Waals surface area (Å²) < 4.78 is 28.2. The molecule has 1 fully saturated rings. The van der Waals surface area contributed by atoms with Crippen LogP contribution in [0.25, 0.3) is 0 Å². The standard InChI is InChI=1S/C14H13F2N5O/c15-12-5-9(19-20-10(7-17)8-18)6-13(16)14(12)21-3-1-11(22)2-4-21/h5-6,11,19,22H,1-4H2. The average molecular weight is 305 g/mol. The molecule has 0 unspecified atom stereocenters. The van der Waals surface area contributed by atoms with E-state index in [0.717, 1.165) is 12.1 Å². The number of nitrogens with zero attached hydrogens (tertiary/aromatic N) is 4. The highest BCUT2D eigenvalue weighted by atomic mass is 19.1. The van der Waals surface area contributed by atoms with Gasteiger partial charge in [-0.1, -0.05) is 0 Å². The molecular formula is C14H13F2N5O. The highest BCUT2D eigenvalue weighted by molar-refractivity contribution is 6.10. The van der Waals surface area contributed by atoms with Crippen LogP contribution in [0, 0.1) is 34.3 Å². The fraction of sp³-hybridized carbons (Fsp3) is 0.357. The first-order valence-corrected chi connectivity index (χ1v) is 6.61. The maximum Gasteiger partial charge on any atom is 0.237 e. The Hall–Kier alpha value is -2.71. The van der Waals surface area contributed by atoms with E-state index in [2.05, 4.69) is 10.5 Å². The zero-order chi connectivity index (χ0) is 16.1. The van der Waals surface area contributed by atoms with Crippen LogP contribution in [0.5, 0.6) is 0 Å². The minimum atomic E-state index is -0.774. The molecule has 1 aliphatic rings. The summed E-state index contributed by atoms with van der Waals surface area (Å²) in [7, 11) is 0. The van der Waals surface area contributed by atoms with Gasteiger partial charge in [0.05, 0.1) is 11.8 Å². The molecule has 1 aliphatic heterocycles. The van der Waals surface area contributed by atoms with Crippen LogP contribution < -0.4 is 10.3 Å². The summed E-state index contributed by atoms with van der Waals surface area (Å²) in [4.78, 5) is 1.54. The summed E-state index contributed by atoms with van der Waals surface area (Å²) >= 11 is 0. The van der Waals surface area contributed by atoms with Gasteiger partial charge in [-0.05, 0) is 12.8 Å². The van der Waals surface area contributed by atoms with Gasteiger partial charge in [-0.2, -0.15) is 15.6 Å². The van der Waals surface area contributed by atoms with E-state index < -0.39 is 23.5 Å². The molecule has 114 valence electrons. The molecule has 0 bridgehead atoms. The van der Waals surface area contributed by atoms with E-state index in [1.54, 1.807) is 4.90 Å².